The van der Waals surface area contributed by atoms with Gasteiger partial charge in [0.15, 0.2) is 0 Å². The molecule has 0 spiro atoms. The van der Waals surface area contributed by atoms with Gasteiger partial charge < -0.3 is 10.4 Å². The Morgan fingerprint density at radius 1 is 1.44 bits per heavy atom. The van der Waals surface area contributed by atoms with Gasteiger partial charge >= 0.3 is 5.97 Å². The summed E-state index contributed by atoms with van der Waals surface area (Å²) >= 11 is 7.84. The van der Waals surface area contributed by atoms with E-state index in [0.29, 0.717) is 11.3 Å². The van der Waals surface area contributed by atoms with Crippen molar-refractivity contribution < 1.29 is 14.7 Å². The molecule has 2 N–H and O–H groups in total. The van der Waals surface area contributed by atoms with Crippen LogP contribution in [0.4, 0.5) is 0 Å². The molecule has 100 valence electrons. The first-order chi connectivity index (χ1) is 8.31. The Morgan fingerprint density at radius 2 is 2.06 bits per heavy atom. The van der Waals surface area contributed by atoms with E-state index in [1.165, 1.54) is 11.3 Å². The van der Waals surface area contributed by atoms with E-state index in [1.807, 2.05) is 13.8 Å². The minimum atomic E-state index is -1.01. The van der Waals surface area contributed by atoms with Crippen molar-refractivity contribution >= 4 is 55.1 Å². The fourth-order valence-corrected chi connectivity index (χ4v) is 3.32. The summed E-state index contributed by atoms with van der Waals surface area (Å²) in [6, 6.07) is 0.815. The van der Waals surface area contributed by atoms with Crippen LogP contribution in [0.3, 0.4) is 0 Å². The first-order valence-electron chi connectivity index (χ1n) is 5.29. The summed E-state index contributed by atoms with van der Waals surface area (Å²) in [5.41, 5.74) is 0. The molecule has 4 nitrogen and oxygen atoms in total. The lowest BCUT2D eigenvalue weighted by Gasteiger charge is -2.15. The molecule has 0 radical (unpaired) electrons. The lowest BCUT2D eigenvalue weighted by Crippen LogP contribution is -2.41. The van der Waals surface area contributed by atoms with Gasteiger partial charge in [-0.25, -0.2) is 4.79 Å². The number of nitrogens with one attached hydrogen (secondary N) is 1. The van der Waals surface area contributed by atoms with Crippen LogP contribution in [0.2, 0.25) is 0 Å². The fourth-order valence-electron chi connectivity index (χ4n) is 1.38. The first kappa shape index (κ1) is 15.7. The lowest BCUT2D eigenvalue weighted by atomic mass is 10.0. The predicted molar refractivity (Wildman–Crippen MR) is 78.1 cm³/mol. The third-order valence-corrected chi connectivity index (χ3v) is 5.43. The maximum absolute atomic E-state index is 11.9. The molecule has 0 bridgehead atoms. The van der Waals surface area contributed by atoms with Gasteiger partial charge in [0.2, 0.25) is 0 Å². The normalized spacial score (nSPS) is 12.5. The van der Waals surface area contributed by atoms with Crippen LogP contribution in [0.25, 0.3) is 0 Å². The summed E-state index contributed by atoms with van der Waals surface area (Å²) in [6.45, 7) is 3.83. The summed E-state index contributed by atoms with van der Waals surface area (Å²) in [4.78, 5) is 23.4. The number of carbonyl (C=O) groups excluding carboxylic acids is 1. The standard InChI is InChI=1S/C11H13Br2NO3S/c1-5(2)3-7(11(16)17)14-10(15)8-4-6(12)9(13)18-8/h4-5,7H,3H2,1-2H3,(H,14,15)(H,16,17)/t7-/m1/s1. The highest BCUT2D eigenvalue weighted by molar-refractivity contribution is 9.13. The molecule has 0 unspecified atom stereocenters. The molecule has 18 heavy (non-hydrogen) atoms. The molecule has 0 saturated carbocycles. The van der Waals surface area contributed by atoms with Crippen molar-refractivity contribution in [3.63, 3.8) is 0 Å². The summed E-state index contributed by atoms with van der Waals surface area (Å²) in [6.07, 6.45) is 0.411. The number of carboxylic acids is 1. The van der Waals surface area contributed by atoms with Gasteiger partial charge in [-0.05, 0) is 50.3 Å². The molecule has 1 rings (SSSR count). The van der Waals surface area contributed by atoms with Crippen LogP contribution < -0.4 is 5.32 Å². The van der Waals surface area contributed by atoms with Crippen LogP contribution in [0.1, 0.15) is 29.9 Å². The predicted octanol–water partition coefficient (Wildman–Crippen LogP) is 3.50. The smallest absolute Gasteiger partial charge is 0.326 e. The van der Waals surface area contributed by atoms with Crippen LogP contribution in [-0.2, 0) is 4.79 Å². The van der Waals surface area contributed by atoms with Gasteiger partial charge in [-0.15, -0.1) is 11.3 Å². The molecule has 1 aromatic rings. The maximum atomic E-state index is 11.9. The summed E-state index contributed by atoms with van der Waals surface area (Å²) in [7, 11) is 0. The van der Waals surface area contributed by atoms with E-state index in [2.05, 4.69) is 37.2 Å². The Hall–Kier alpha value is -0.400. The van der Waals surface area contributed by atoms with Crippen LogP contribution in [0.5, 0.6) is 0 Å². The number of carbonyl (C=O) groups is 2. The molecular formula is C11H13Br2NO3S. The van der Waals surface area contributed by atoms with Gasteiger partial charge in [0.05, 0.1) is 8.66 Å². The largest absolute Gasteiger partial charge is 0.480 e. The van der Waals surface area contributed by atoms with Gasteiger partial charge in [-0.2, -0.15) is 0 Å². The SMILES string of the molecule is CC(C)C[C@@H](NC(=O)c1cc(Br)c(Br)s1)C(=O)O. The second-order valence-corrected chi connectivity index (χ2v) is 7.45. The van der Waals surface area contributed by atoms with Crippen LogP contribution >= 0.6 is 43.2 Å². The van der Waals surface area contributed by atoms with Crippen molar-refractivity contribution in [2.45, 2.75) is 26.3 Å². The molecule has 0 fully saturated rings. The zero-order valence-electron chi connectivity index (χ0n) is 9.87. The van der Waals surface area contributed by atoms with Crippen molar-refractivity contribution in [3.8, 4) is 0 Å². The van der Waals surface area contributed by atoms with Crippen LogP contribution in [0.15, 0.2) is 14.3 Å². The molecule has 0 aromatic carbocycles. The van der Waals surface area contributed by atoms with Gasteiger partial charge in [-0.1, -0.05) is 13.8 Å². The van der Waals surface area contributed by atoms with Crippen molar-refractivity contribution in [2.75, 3.05) is 0 Å². The summed E-state index contributed by atoms with van der Waals surface area (Å²) < 4.78 is 1.59. The molecule has 1 amide bonds. The third kappa shape index (κ3) is 4.37. The minimum absolute atomic E-state index is 0.202. The number of carboxylic acid groups (broad SMARTS) is 1. The number of thiophene rings is 1. The van der Waals surface area contributed by atoms with E-state index < -0.39 is 12.0 Å². The Kier molecular flexibility index (Phi) is 5.81. The van der Waals surface area contributed by atoms with E-state index in [9.17, 15) is 9.59 Å². The average Bonchev–Trinajstić information content (AvgIpc) is 2.57. The second-order valence-electron chi connectivity index (χ2n) is 4.23. The Morgan fingerprint density at radius 3 is 2.44 bits per heavy atom. The first-order valence-corrected chi connectivity index (χ1v) is 7.70. The minimum Gasteiger partial charge on any atom is -0.480 e. The van der Waals surface area contributed by atoms with Crippen LogP contribution in [-0.4, -0.2) is 23.0 Å². The molecule has 7 heteroatoms. The van der Waals surface area contributed by atoms with Crippen molar-refractivity contribution in [3.05, 3.63) is 19.2 Å². The molecule has 0 saturated heterocycles. The van der Waals surface area contributed by atoms with Gasteiger partial charge in [-0.3, -0.25) is 4.79 Å². The number of aliphatic carboxylic acids is 1. The number of hydrogen-bond acceptors (Lipinski definition) is 3. The van der Waals surface area contributed by atoms with E-state index in [-0.39, 0.29) is 11.8 Å². The van der Waals surface area contributed by atoms with E-state index in [1.54, 1.807) is 6.07 Å². The second kappa shape index (κ2) is 6.68. The number of rotatable bonds is 5. The maximum Gasteiger partial charge on any atom is 0.326 e. The zero-order valence-corrected chi connectivity index (χ0v) is 13.9. The fraction of sp³-hybridized carbons (Fsp3) is 0.455. The molecule has 1 aromatic heterocycles. The highest BCUT2D eigenvalue weighted by Gasteiger charge is 2.22. The Labute approximate surface area is 126 Å². The number of hydrogen-bond donors (Lipinski definition) is 2. The molecule has 1 atom stereocenters. The lowest BCUT2D eigenvalue weighted by molar-refractivity contribution is -0.139. The molecule has 1 heterocycles. The van der Waals surface area contributed by atoms with Crippen molar-refractivity contribution in [1.29, 1.82) is 0 Å². The quantitative estimate of drug-likeness (QED) is 0.797. The van der Waals surface area contributed by atoms with E-state index in [0.717, 1.165) is 8.26 Å². The van der Waals surface area contributed by atoms with E-state index in [4.69, 9.17) is 5.11 Å². The molecule has 0 aliphatic carbocycles. The number of amides is 1. The average molecular weight is 399 g/mol. The number of halogens is 2. The van der Waals surface area contributed by atoms with Crippen molar-refractivity contribution in [2.24, 2.45) is 5.92 Å². The van der Waals surface area contributed by atoms with Gasteiger partial charge in [0.25, 0.3) is 5.91 Å². The Balaban J connectivity index is 2.75. The molecular weight excluding hydrogens is 386 g/mol. The molecule has 0 aliphatic rings. The van der Waals surface area contributed by atoms with Crippen LogP contribution in [0, 0.1) is 5.92 Å². The zero-order chi connectivity index (χ0) is 13.9. The third-order valence-electron chi connectivity index (χ3n) is 2.18. The highest BCUT2D eigenvalue weighted by atomic mass is 79.9. The van der Waals surface area contributed by atoms with Gasteiger partial charge in [0.1, 0.15) is 6.04 Å². The van der Waals surface area contributed by atoms with Gasteiger partial charge in [0, 0.05) is 4.47 Å². The summed E-state index contributed by atoms with van der Waals surface area (Å²) in [5.74, 6) is -1.17. The highest BCUT2D eigenvalue weighted by Crippen LogP contribution is 2.32. The Bertz CT molecular complexity index is 440. The molecule has 0 aliphatic heterocycles. The topological polar surface area (TPSA) is 66.4 Å². The van der Waals surface area contributed by atoms with Crippen molar-refractivity contribution in [1.82, 2.24) is 5.32 Å². The summed E-state index contributed by atoms with van der Waals surface area (Å²) in [5, 5.41) is 11.6. The van der Waals surface area contributed by atoms with E-state index >= 15 is 0 Å². The monoisotopic (exact) mass is 397 g/mol.